The summed E-state index contributed by atoms with van der Waals surface area (Å²) in [4.78, 5) is 1.74. The van der Waals surface area contributed by atoms with Crippen LogP contribution in [0.3, 0.4) is 0 Å². The van der Waals surface area contributed by atoms with Crippen molar-refractivity contribution in [1.29, 1.82) is 0 Å². The number of hydrogen-bond donors (Lipinski definition) is 1. The van der Waals surface area contributed by atoms with E-state index in [1.807, 2.05) is 42.5 Å². The van der Waals surface area contributed by atoms with Gasteiger partial charge in [0.05, 0.1) is 6.54 Å². The first-order valence-corrected chi connectivity index (χ1v) is 8.63. The second-order valence-corrected chi connectivity index (χ2v) is 6.55. The van der Waals surface area contributed by atoms with Gasteiger partial charge in [-0.3, -0.25) is 0 Å². The maximum absolute atomic E-state index is 6.27. The van der Waals surface area contributed by atoms with Gasteiger partial charge in [0, 0.05) is 23.2 Å². The van der Waals surface area contributed by atoms with Gasteiger partial charge in [-0.25, -0.2) is 0 Å². The van der Waals surface area contributed by atoms with E-state index in [1.165, 1.54) is 12.8 Å². The molecule has 0 atom stereocenters. The van der Waals surface area contributed by atoms with Crippen molar-refractivity contribution in [3.05, 3.63) is 70.9 Å². The molecule has 0 unspecified atom stereocenters. The summed E-state index contributed by atoms with van der Waals surface area (Å²) >= 11 is 6.27. The van der Waals surface area contributed by atoms with E-state index >= 15 is 0 Å². The van der Waals surface area contributed by atoms with Gasteiger partial charge in [-0.1, -0.05) is 60.1 Å². The zero-order valence-corrected chi connectivity index (χ0v) is 14.1. The molecule has 1 saturated carbocycles. The molecule has 122 valence electrons. The van der Waals surface area contributed by atoms with E-state index < -0.39 is 0 Å². The van der Waals surface area contributed by atoms with E-state index in [0.717, 1.165) is 34.1 Å². The van der Waals surface area contributed by atoms with Crippen molar-refractivity contribution in [2.45, 2.75) is 32.0 Å². The predicted octanol–water partition coefficient (Wildman–Crippen LogP) is 3.90. The summed E-state index contributed by atoms with van der Waals surface area (Å²) in [6, 6.07) is 18.7. The van der Waals surface area contributed by atoms with Gasteiger partial charge in [0.15, 0.2) is 0 Å². The smallest absolute Gasteiger partial charge is 0.117 e. The Hall–Kier alpha value is -2.17. The molecule has 0 aliphatic heterocycles. The fourth-order valence-electron chi connectivity index (χ4n) is 2.70. The van der Waals surface area contributed by atoms with Crippen molar-refractivity contribution in [1.82, 2.24) is 20.3 Å². The molecule has 1 N–H and O–H groups in total. The van der Waals surface area contributed by atoms with Crippen LogP contribution in [0.5, 0.6) is 0 Å². The highest BCUT2D eigenvalue weighted by molar-refractivity contribution is 6.31. The van der Waals surface area contributed by atoms with Gasteiger partial charge < -0.3 is 5.32 Å². The number of rotatable bonds is 6. The van der Waals surface area contributed by atoms with E-state index in [1.54, 1.807) is 4.80 Å². The van der Waals surface area contributed by atoms with Gasteiger partial charge in [-0.15, -0.1) is 0 Å². The van der Waals surface area contributed by atoms with Crippen LogP contribution < -0.4 is 5.32 Å². The van der Waals surface area contributed by atoms with E-state index in [9.17, 15) is 0 Å². The molecular formula is C19H19ClN4. The van der Waals surface area contributed by atoms with Gasteiger partial charge in [-0.2, -0.15) is 15.0 Å². The van der Waals surface area contributed by atoms with Gasteiger partial charge in [0.25, 0.3) is 0 Å². The van der Waals surface area contributed by atoms with Crippen LogP contribution >= 0.6 is 11.6 Å². The summed E-state index contributed by atoms with van der Waals surface area (Å²) in [6.07, 6.45) is 2.52. The van der Waals surface area contributed by atoms with Crippen LogP contribution in [0.2, 0.25) is 5.02 Å². The lowest BCUT2D eigenvalue weighted by atomic mass is 10.1. The van der Waals surface area contributed by atoms with Crippen molar-refractivity contribution >= 4 is 11.6 Å². The fraction of sp³-hybridized carbons (Fsp3) is 0.263. The molecule has 1 fully saturated rings. The molecule has 1 aromatic heterocycles. The molecule has 1 aliphatic carbocycles. The van der Waals surface area contributed by atoms with Gasteiger partial charge >= 0.3 is 0 Å². The second kappa shape index (κ2) is 6.75. The number of aromatic nitrogens is 3. The molecule has 5 heteroatoms. The van der Waals surface area contributed by atoms with Crippen LogP contribution in [-0.2, 0) is 13.1 Å². The van der Waals surface area contributed by atoms with Crippen molar-refractivity contribution in [3.8, 4) is 11.3 Å². The van der Waals surface area contributed by atoms with E-state index in [0.29, 0.717) is 12.6 Å². The lowest BCUT2D eigenvalue weighted by Crippen LogP contribution is -2.16. The average Bonchev–Trinajstić information content (AvgIpc) is 3.36. The summed E-state index contributed by atoms with van der Waals surface area (Å²) in [5.74, 6) is 0. The first kappa shape index (κ1) is 15.4. The van der Waals surface area contributed by atoms with Crippen LogP contribution in [-0.4, -0.2) is 21.0 Å². The fourth-order valence-corrected chi connectivity index (χ4v) is 2.90. The van der Waals surface area contributed by atoms with Crippen molar-refractivity contribution in [2.75, 3.05) is 0 Å². The summed E-state index contributed by atoms with van der Waals surface area (Å²) in [5.41, 5.74) is 4.04. The first-order valence-electron chi connectivity index (χ1n) is 8.26. The lowest BCUT2D eigenvalue weighted by Gasteiger charge is -2.02. The summed E-state index contributed by atoms with van der Waals surface area (Å²) in [6.45, 7) is 1.32. The predicted molar refractivity (Wildman–Crippen MR) is 95.9 cm³/mol. The summed E-state index contributed by atoms with van der Waals surface area (Å²) in [5, 5.41) is 13.7. The number of nitrogens with zero attached hydrogens (tertiary/aromatic N) is 3. The Balaban J connectivity index is 1.63. The molecule has 2 aromatic carbocycles. The average molecular weight is 339 g/mol. The van der Waals surface area contributed by atoms with E-state index in [2.05, 4.69) is 17.4 Å². The first-order chi connectivity index (χ1) is 11.8. The van der Waals surface area contributed by atoms with Crippen molar-refractivity contribution in [3.63, 3.8) is 0 Å². The largest absolute Gasteiger partial charge is 0.308 e. The third-order valence-electron chi connectivity index (χ3n) is 4.18. The molecule has 4 nitrogen and oxygen atoms in total. The molecule has 0 radical (unpaired) electrons. The Morgan fingerprint density at radius 2 is 1.75 bits per heavy atom. The highest BCUT2D eigenvalue weighted by atomic mass is 35.5. The number of benzene rings is 2. The van der Waals surface area contributed by atoms with E-state index in [4.69, 9.17) is 21.8 Å². The molecule has 4 rings (SSSR count). The number of hydrogen-bond acceptors (Lipinski definition) is 3. The van der Waals surface area contributed by atoms with Gasteiger partial charge in [0.2, 0.25) is 0 Å². The Morgan fingerprint density at radius 3 is 2.50 bits per heavy atom. The highest BCUT2D eigenvalue weighted by Crippen LogP contribution is 2.24. The Morgan fingerprint density at radius 1 is 1.00 bits per heavy atom. The van der Waals surface area contributed by atoms with Crippen LogP contribution in [0.1, 0.15) is 24.1 Å². The monoisotopic (exact) mass is 338 g/mol. The zero-order valence-electron chi connectivity index (χ0n) is 13.3. The SMILES string of the molecule is Clc1ccccc1Cn1nc(CNC2CC2)c(-c2ccccc2)n1. The van der Waals surface area contributed by atoms with Crippen LogP contribution in [0.4, 0.5) is 0 Å². The lowest BCUT2D eigenvalue weighted by molar-refractivity contribution is 0.576. The molecular weight excluding hydrogens is 320 g/mol. The van der Waals surface area contributed by atoms with Gasteiger partial charge in [-0.05, 0) is 24.5 Å². The highest BCUT2D eigenvalue weighted by Gasteiger charge is 2.22. The van der Waals surface area contributed by atoms with Gasteiger partial charge in [0.1, 0.15) is 11.4 Å². The third-order valence-corrected chi connectivity index (χ3v) is 4.55. The van der Waals surface area contributed by atoms with Crippen LogP contribution in [0, 0.1) is 0 Å². The molecule has 24 heavy (non-hydrogen) atoms. The number of nitrogens with one attached hydrogen (secondary N) is 1. The molecule has 0 amide bonds. The summed E-state index contributed by atoms with van der Waals surface area (Å²) in [7, 11) is 0. The second-order valence-electron chi connectivity index (χ2n) is 6.14. The van der Waals surface area contributed by atoms with Crippen LogP contribution in [0.15, 0.2) is 54.6 Å². The minimum atomic E-state index is 0.572. The molecule has 0 bridgehead atoms. The molecule has 3 aromatic rings. The molecule has 0 saturated heterocycles. The number of halogens is 1. The Labute approximate surface area is 146 Å². The maximum atomic E-state index is 6.27. The molecule has 0 spiro atoms. The van der Waals surface area contributed by atoms with Crippen LogP contribution in [0.25, 0.3) is 11.3 Å². The minimum absolute atomic E-state index is 0.572. The maximum Gasteiger partial charge on any atom is 0.117 e. The minimum Gasteiger partial charge on any atom is -0.308 e. The molecule has 1 heterocycles. The normalized spacial score (nSPS) is 14.0. The Bertz CT molecular complexity index is 824. The Kier molecular flexibility index (Phi) is 4.32. The van der Waals surface area contributed by atoms with Crippen molar-refractivity contribution in [2.24, 2.45) is 0 Å². The quantitative estimate of drug-likeness (QED) is 0.741. The third kappa shape index (κ3) is 3.50. The summed E-state index contributed by atoms with van der Waals surface area (Å²) < 4.78 is 0. The van der Waals surface area contributed by atoms with E-state index in [-0.39, 0.29) is 0 Å². The standard InChI is InChI=1S/C19H19ClN4/c20-17-9-5-4-8-15(17)13-24-22-18(12-21-16-10-11-16)19(23-24)14-6-2-1-3-7-14/h1-9,16,21H,10-13H2. The zero-order chi connectivity index (χ0) is 16.4. The van der Waals surface area contributed by atoms with Crippen molar-refractivity contribution < 1.29 is 0 Å². The topological polar surface area (TPSA) is 42.7 Å². The molecule has 1 aliphatic rings.